The van der Waals surface area contributed by atoms with E-state index in [0.29, 0.717) is 0 Å². The number of ether oxygens (including phenoxy) is 2. The van der Waals surface area contributed by atoms with E-state index >= 15 is 0 Å². The van der Waals surface area contributed by atoms with Crippen LogP contribution in [0.2, 0.25) is 0 Å². The summed E-state index contributed by atoms with van der Waals surface area (Å²) in [6.45, 7) is 5.54. The van der Waals surface area contributed by atoms with Gasteiger partial charge in [-0.15, -0.1) is 0 Å². The van der Waals surface area contributed by atoms with E-state index in [9.17, 15) is 17.6 Å². The number of carbonyl (C=O) groups is 1. The topological polar surface area (TPSA) is 93.7 Å². The zero-order valence-electron chi connectivity index (χ0n) is 15.9. The Balaban J connectivity index is 2.46. The fourth-order valence-corrected chi connectivity index (χ4v) is 3.00. The molecule has 0 fully saturated rings. The normalized spacial score (nSPS) is 11.0. The molecule has 9 heteroatoms. The van der Waals surface area contributed by atoms with Gasteiger partial charge >= 0.3 is 0 Å². The molecule has 0 aliphatic rings. The maximum Gasteiger partial charge on any atom is 0.258 e. The van der Waals surface area contributed by atoms with Crippen molar-refractivity contribution < 1.29 is 27.1 Å². The van der Waals surface area contributed by atoms with Crippen molar-refractivity contribution in [3.8, 4) is 11.5 Å². The van der Waals surface area contributed by atoms with Crippen molar-refractivity contribution in [3.05, 3.63) is 47.8 Å². The van der Waals surface area contributed by atoms with Crippen molar-refractivity contribution in [2.75, 3.05) is 29.0 Å². The van der Waals surface area contributed by atoms with Crippen LogP contribution in [0.5, 0.6) is 11.5 Å². The van der Waals surface area contributed by atoms with Crippen molar-refractivity contribution in [3.63, 3.8) is 0 Å². The predicted molar refractivity (Wildman–Crippen MR) is 106 cm³/mol. The highest BCUT2D eigenvalue weighted by Gasteiger charge is 2.19. The first-order valence-corrected chi connectivity index (χ1v) is 10.5. The lowest BCUT2D eigenvalue weighted by molar-refractivity contribution is 0.102. The van der Waals surface area contributed by atoms with Gasteiger partial charge in [-0.05, 0) is 32.9 Å². The average molecular weight is 410 g/mol. The lowest BCUT2D eigenvalue weighted by atomic mass is 10.2. The van der Waals surface area contributed by atoms with Crippen LogP contribution < -0.4 is 19.5 Å². The first-order valence-electron chi connectivity index (χ1n) is 8.81. The Hall–Kier alpha value is -2.81. The predicted octanol–water partition coefficient (Wildman–Crippen LogP) is 3.64. The Morgan fingerprint density at radius 2 is 1.57 bits per heavy atom. The minimum absolute atomic E-state index is 0.117. The highest BCUT2D eigenvalue weighted by atomic mass is 32.2. The number of sulfonamides is 1. The number of amides is 1. The van der Waals surface area contributed by atoms with Gasteiger partial charge in [0, 0.05) is 12.1 Å². The Kier molecular flexibility index (Phi) is 7.22. The molecular formula is C19H23FN2O5S. The Morgan fingerprint density at radius 1 is 1.00 bits per heavy atom. The second-order valence-electron chi connectivity index (χ2n) is 5.65. The van der Waals surface area contributed by atoms with E-state index in [1.165, 1.54) is 37.3 Å². The molecule has 2 N–H and O–H groups in total. The molecule has 152 valence electrons. The van der Waals surface area contributed by atoms with Crippen LogP contribution in [0.4, 0.5) is 15.8 Å². The monoisotopic (exact) mass is 410 g/mol. The van der Waals surface area contributed by atoms with Gasteiger partial charge < -0.3 is 14.8 Å². The molecule has 0 saturated carbocycles. The van der Waals surface area contributed by atoms with Gasteiger partial charge in [0.2, 0.25) is 10.0 Å². The average Bonchev–Trinajstić information content (AvgIpc) is 2.65. The van der Waals surface area contributed by atoms with Crippen LogP contribution in [0.1, 0.15) is 31.1 Å². The second-order valence-corrected chi connectivity index (χ2v) is 7.66. The first kappa shape index (κ1) is 21.5. The minimum Gasteiger partial charge on any atom is -0.492 e. The molecule has 7 nitrogen and oxygen atoms in total. The summed E-state index contributed by atoms with van der Waals surface area (Å²) in [5, 5.41) is 2.59. The fourth-order valence-electron chi connectivity index (χ4n) is 2.36. The summed E-state index contributed by atoms with van der Waals surface area (Å²) in [5.41, 5.74) is 0.299. The van der Waals surface area contributed by atoms with Crippen LogP contribution in [0.25, 0.3) is 0 Å². The molecule has 0 heterocycles. The number of anilines is 2. The molecule has 28 heavy (non-hydrogen) atoms. The fraction of sp³-hybridized carbons (Fsp3) is 0.316. The molecule has 0 bridgehead atoms. The van der Waals surface area contributed by atoms with E-state index in [-0.39, 0.29) is 47.4 Å². The van der Waals surface area contributed by atoms with E-state index in [0.717, 1.165) is 0 Å². The Labute approximate surface area is 163 Å². The van der Waals surface area contributed by atoms with E-state index < -0.39 is 21.7 Å². The molecule has 0 radical (unpaired) electrons. The number of halogens is 1. The van der Waals surface area contributed by atoms with Gasteiger partial charge in [-0.1, -0.05) is 12.1 Å². The summed E-state index contributed by atoms with van der Waals surface area (Å²) in [5.74, 6) is -0.996. The number of benzene rings is 2. The largest absolute Gasteiger partial charge is 0.492 e. The van der Waals surface area contributed by atoms with E-state index in [4.69, 9.17) is 9.47 Å². The van der Waals surface area contributed by atoms with Crippen LogP contribution in [0, 0.1) is 5.82 Å². The van der Waals surface area contributed by atoms with Gasteiger partial charge in [0.1, 0.15) is 17.3 Å². The zero-order valence-corrected chi connectivity index (χ0v) is 16.7. The summed E-state index contributed by atoms with van der Waals surface area (Å²) < 4.78 is 51.3. The number of hydrogen-bond acceptors (Lipinski definition) is 5. The van der Waals surface area contributed by atoms with E-state index in [1.807, 2.05) is 0 Å². The van der Waals surface area contributed by atoms with Crippen molar-refractivity contribution in [2.24, 2.45) is 0 Å². The van der Waals surface area contributed by atoms with E-state index in [2.05, 4.69) is 10.0 Å². The summed E-state index contributed by atoms with van der Waals surface area (Å²) in [7, 11) is -3.55. The molecule has 0 aliphatic carbocycles. The molecule has 0 saturated heterocycles. The molecule has 0 spiro atoms. The highest BCUT2D eigenvalue weighted by molar-refractivity contribution is 7.92. The number of carbonyl (C=O) groups excluding carboxylic acids is 1. The van der Waals surface area contributed by atoms with Crippen LogP contribution in [0.15, 0.2) is 36.4 Å². The number of rotatable bonds is 9. The third kappa shape index (κ3) is 5.35. The molecule has 0 aliphatic heterocycles. The molecule has 0 aromatic heterocycles. The molecule has 2 aromatic rings. The maximum absolute atomic E-state index is 13.9. The summed E-state index contributed by atoms with van der Waals surface area (Å²) >= 11 is 0. The SMILES string of the molecule is CCOc1cc(NS(=O)(=O)CC)c(OCC)cc1NC(=O)c1ccccc1F. The molecular weight excluding hydrogens is 387 g/mol. The molecule has 2 rings (SSSR count). The van der Waals surface area contributed by atoms with E-state index in [1.54, 1.807) is 19.9 Å². The molecule has 0 atom stereocenters. The highest BCUT2D eigenvalue weighted by Crippen LogP contribution is 2.37. The van der Waals surface area contributed by atoms with Crippen LogP contribution in [-0.4, -0.2) is 33.3 Å². The van der Waals surface area contributed by atoms with Crippen molar-refractivity contribution in [1.29, 1.82) is 0 Å². The van der Waals surface area contributed by atoms with Gasteiger partial charge in [0.25, 0.3) is 5.91 Å². The van der Waals surface area contributed by atoms with Crippen LogP contribution >= 0.6 is 0 Å². The number of nitrogens with one attached hydrogen (secondary N) is 2. The zero-order chi connectivity index (χ0) is 20.7. The third-order valence-corrected chi connectivity index (χ3v) is 4.98. The summed E-state index contributed by atoms with van der Waals surface area (Å²) in [6, 6.07) is 8.46. The lowest BCUT2D eigenvalue weighted by Gasteiger charge is -2.18. The standard InChI is InChI=1S/C19H23FN2O5S/c1-4-26-17-12-16(22-28(24,25)6-3)18(27-5-2)11-15(17)21-19(23)13-9-7-8-10-14(13)20/h7-12,22H,4-6H2,1-3H3,(H,21,23). The van der Waals surface area contributed by atoms with Gasteiger partial charge in [0.05, 0.1) is 35.9 Å². The van der Waals surface area contributed by atoms with Crippen LogP contribution in [-0.2, 0) is 10.0 Å². The van der Waals surface area contributed by atoms with Crippen molar-refractivity contribution >= 4 is 27.3 Å². The quantitative estimate of drug-likeness (QED) is 0.658. The van der Waals surface area contributed by atoms with Crippen LogP contribution in [0.3, 0.4) is 0 Å². The third-order valence-electron chi connectivity index (χ3n) is 3.69. The Bertz CT molecular complexity index is 947. The second kappa shape index (κ2) is 9.41. The Morgan fingerprint density at radius 3 is 2.14 bits per heavy atom. The van der Waals surface area contributed by atoms with Crippen molar-refractivity contribution in [1.82, 2.24) is 0 Å². The van der Waals surface area contributed by atoms with Crippen molar-refractivity contribution in [2.45, 2.75) is 20.8 Å². The summed E-state index contributed by atoms with van der Waals surface area (Å²) in [6.07, 6.45) is 0. The minimum atomic E-state index is -3.55. The number of hydrogen-bond donors (Lipinski definition) is 2. The van der Waals surface area contributed by atoms with Gasteiger partial charge in [0.15, 0.2) is 0 Å². The summed E-state index contributed by atoms with van der Waals surface area (Å²) in [4.78, 5) is 12.5. The smallest absolute Gasteiger partial charge is 0.258 e. The van der Waals surface area contributed by atoms with Gasteiger partial charge in [-0.2, -0.15) is 0 Å². The molecule has 0 unspecified atom stereocenters. The van der Waals surface area contributed by atoms with Gasteiger partial charge in [-0.25, -0.2) is 12.8 Å². The molecule has 1 amide bonds. The first-order chi connectivity index (χ1) is 13.3. The van der Waals surface area contributed by atoms with Gasteiger partial charge in [-0.3, -0.25) is 9.52 Å². The molecule has 2 aromatic carbocycles. The maximum atomic E-state index is 13.9. The lowest BCUT2D eigenvalue weighted by Crippen LogP contribution is -2.17.